The zero-order chi connectivity index (χ0) is 18.7. The molecule has 1 aliphatic heterocycles. The molecular formula is C19H17BrN2O4. The Morgan fingerprint density at radius 2 is 1.85 bits per heavy atom. The number of hydrogen-bond donors (Lipinski definition) is 1. The Morgan fingerprint density at radius 1 is 1.15 bits per heavy atom. The van der Waals surface area contributed by atoms with E-state index in [2.05, 4.69) is 21.2 Å². The van der Waals surface area contributed by atoms with E-state index in [0.29, 0.717) is 5.69 Å². The fourth-order valence-electron chi connectivity index (χ4n) is 2.90. The molecule has 1 fully saturated rings. The van der Waals surface area contributed by atoms with Crippen LogP contribution in [0, 0.1) is 5.92 Å². The Morgan fingerprint density at radius 3 is 2.58 bits per heavy atom. The highest BCUT2D eigenvalue weighted by atomic mass is 79.9. The monoisotopic (exact) mass is 416 g/mol. The van der Waals surface area contributed by atoms with E-state index in [1.54, 1.807) is 29.2 Å². The van der Waals surface area contributed by atoms with Gasteiger partial charge in [0.25, 0.3) is 0 Å². The van der Waals surface area contributed by atoms with E-state index in [0.717, 1.165) is 10.2 Å². The van der Waals surface area contributed by atoms with E-state index in [1.165, 1.54) is 7.11 Å². The maximum atomic E-state index is 12.6. The van der Waals surface area contributed by atoms with Crippen molar-refractivity contribution in [2.24, 2.45) is 5.92 Å². The summed E-state index contributed by atoms with van der Waals surface area (Å²) in [5, 5.41) is 2.74. The maximum Gasteiger partial charge on any atom is 0.339 e. The van der Waals surface area contributed by atoms with Gasteiger partial charge in [-0.05, 0) is 40.2 Å². The number of carbonyl (C=O) groups excluding carboxylic acids is 3. The second-order valence-corrected chi connectivity index (χ2v) is 6.74. The molecule has 0 spiro atoms. The van der Waals surface area contributed by atoms with E-state index in [4.69, 9.17) is 4.74 Å². The first-order valence-electron chi connectivity index (χ1n) is 8.04. The normalized spacial score (nSPS) is 16.5. The number of benzene rings is 2. The second kappa shape index (κ2) is 7.70. The predicted octanol–water partition coefficient (Wildman–Crippen LogP) is 3.23. The van der Waals surface area contributed by atoms with E-state index in [-0.39, 0.29) is 30.3 Å². The molecule has 1 heterocycles. The van der Waals surface area contributed by atoms with Crippen molar-refractivity contribution in [3.05, 3.63) is 58.6 Å². The van der Waals surface area contributed by atoms with Crippen molar-refractivity contribution in [2.45, 2.75) is 6.42 Å². The number of carbonyl (C=O) groups is 3. The van der Waals surface area contributed by atoms with Gasteiger partial charge in [-0.2, -0.15) is 0 Å². The fourth-order valence-corrected chi connectivity index (χ4v) is 3.40. The molecule has 2 amide bonds. The third kappa shape index (κ3) is 3.62. The molecule has 26 heavy (non-hydrogen) atoms. The summed E-state index contributed by atoms with van der Waals surface area (Å²) in [5.41, 5.74) is 1.38. The molecule has 0 aromatic heterocycles. The largest absolute Gasteiger partial charge is 0.465 e. The van der Waals surface area contributed by atoms with Crippen LogP contribution in [0.5, 0.6) is 0 Å². The van der Waals surface area contributed by atoms with E-state index < -0.39 is 11.9 Å². The number of para-hydroxylation sites is 2. The molecule has 3 rings (SSSR count). The third-order valence-electron chi connectivity index (χ3n) is 4.23. The van der Waals surface area contributed by atoms with Crippen LogP contribution in [0.2, 0.25) is 0 Å². The zero-order valence-electron chi connectivity index (χ0n) is 14.1. The first-order valence-corrected chi connectivity index (χ1v) is 8.83. The van der Waals surface area contributed by atoms with E-state index in [9.17, 15) is 14.4 Å². The fraction of sp³-hybridized carbons (Fsp3) is 0.211. The molecule has 1 saturated heterocycles. The Labute approximate surface area is 159 Å². The number of hydrogen-bond acceptors (Lipinski definition) is 4. The number of esters is 1. The molecule has 0 bridgehead atoms. The summed E-state index contributed by atoms with van der Waals surface area (Å²) in [5.74, 6) is -1.44. The van der Waals surface area contributed by atoms with Gasteiger partial charge in [0, 0.05) is 17.4 Å². The molecule has 0 radical (unpaired) electrons. The lowest BCUT2D eigenvalue weighted by Gasteiger charge is -2.18. The summed E-state index contributed by atoms with van der Waals surface area (Å²) in [6, 6.07) is 14.0. The minimum Gasteiger partial charge on any atom is -0.465 e. The van der Waals surface area contributed by atoms with Crippen molar-refractivity contribution < 1.29 is 19.1 Å². The van der Waals surface area contributed by atoms with Crippen LogP contribution in [0.3, 0.4) is 0 Å². The van der Waals surface area contributed by atoms with Gasteiger partial charge in [-0.1, -0.05) is 24.3 Å². The number of rotatable bonds is 4. The van der Waals surface area contributed by atoms with Crippen molar-refractivity contribution >= 4 is 45.1 Å². The number of ether oxygens (including phenoxy) is 1. The molecule has 134 valence electrons. The molecule has 6 nitrogen and oxygen atoms in total. The minimum atomic E-state index is -0.529. The second-order valence-electron chi connectivity index (χ2n) is 5.88. The van der Waals surface area contributed by atoms with Crippen LogP contribution in [-0.2, 0) is 14.3 Å². The van der Waals surface area contributed by atoms with E-state index in [1.807, 2.05) is 24.3 Å². The lowest BCUT2D eigenvalue weighted by Crippen LogP contribution is -2.28. The summed E-state index contributed by atoms with van der Waals surface area (Å²) < 4.78 is 5.53. The number of nitrogens with one attached hydrogen (secondary N) is 1. The molecule has 2 aromatic rings. The van der Waals surface area contributed by atoms with Crippen LogP contribution in [0.25, 0.3) is 0 Å². The number of amides is 2. The molecule has 1 aliphatic rings. The standard InChI is InChI=1S/C19H17BrN2O4/c1-26-19(25)13-6-2-4-8-15(13)21-18(24)12-10-17(23)22(11-12)16-9-5-3-7-14(16)20/h2-9,12H,10-11H2,1H3,(H,21,24)/t12-/m0/s1. The molecular weight excluding hydrogens is 400 g/mol. The molecule has 1 N–H and O–H groups in total. The maximum absolute atomic E-state index is 12.6. The SMILES string of the molecule is COC(=O)c1ccccc1NC(=O)[C@H]1CC(=O)N(c2ccccc2Br)C1. The van der Waals surface area contributed by atoms with Crippen molar-refractivity contribution in [1.82, 2.24) is 0 Å². The number of anilines is 2. The quantitative estimate of drug-likeness (QED) is 0.776. The van der Waals surface area contributed by atoms with Gasteiger partial charge in [0.15, 0.2) is 0 Å². The van der Waals surface area contributed by atoms with Crippen LogP contribution < -0.4 is 10.2 Å². The topological polar surface area (TPSA) is 75.7 Å². The lowest BCUT2D eigenvalue weighted by molar-refractivity contribution is -0.122. The first kappa shape index (κ1) is 18.1. The highest BCUT2D eigenvalue weighted by molar-refractivity contribution is 9.10. The molecule has 0 unspecified atom stereocenters. The van der Waals surface area contributed by atoms with Gasteiger partial charge in [0.2, 0.25) is 11.8 Å². The third-order valence-corrected chi connectivity index (χ3v) is 4.90. The summed E-state index contributed by atoms with van der Waals surface area (Å²) in [7, 11) is 1.28. The van der Waals surface area contributed by atoms with Crippen LogP contribution in [-0.4, -0.2) is 31.4 Å². The lowest BCUT2D eigenvalue weighted by atomic mass is 10.1. The van der Waals surface area contributed by atoms with Gasteiger partial charge in [0.05, 0.1) is 30.0 Å². The minimum absolute atomic E-state index is 0.113. The predicted molar refractivity (Wildman–Crippen MR) is 101 cm³/mol. The Balaban J connectivity index is 1.76. The van der Waals surface area contributed by atoms with Gasteiger partial charge in [0.1, 0.15) is 0 Å². The zero-order valence-corrected chi connectivity index (χ0v) is 15.7. The van der Waals surface area contributed by atoms with Gasteiger partial charge in [-0.25, -0.2) is 4.79 Å². The van der Waals surface area contributed by atoms with Crippen molar-refractivity contribution in [3.63, 3.8) is 0 Å². The average Bonchev–Trinajstić information content (AvgIpc) is 3.03. The average molecular weight is 417 g/mol. The first-order chi connectivity index (χ1) is 12.5. The van der Waals surface area contributed by atoms with Crippen LogP contribution in [0.4, 0.5) is 11.4 Å². The smallest absolute Gasteiger partial charge is 0.339 e. The highest BCUT2D eigenvalue weighted by Gasteiger charge is 2.36. The Kier molecular flexibility index (Phi) is 5.37. The molecule has 0 aliphatic carbocycles. The number of halogens is 1. The van der Waals surface area contributed by atoms with E-state index >= 15 is 0 Å². The molecule has 1 atom stereocenters. The van der Waals surface area contributed by atoms with Gasteiger partial charge in [-0.15, -0.1) is 0 Å². The van der Waals surface area contributed by atoms with Crippen molar-refractivity contribution in [2.75, 3.05) is 23.9 Å². The summed E-state index contributed by atoms with van der Waals surface area (Å²) in [6.07, 6.45) is 0.119. The Hall–Kier alpha value is -2.67. The van der Waals surface area contributed by atoms with Gasteiger partial charge >= 0.3 is 5.97 Å². The van der Waals surface area contributed by atoms with Crippen molar-refractivity contribution in [3.8, 4) is 0 Å². The van der Waals surface area contributed by atoms with Gasteiger partial charge in [-0.3, -0.25) is 9.59 Å². The van der Waals surface area contributed by atoms with Crippen molar-refractivity contribution in [1.29, 1.82) is 0 Å². The van der Waals surface area contributed by atoms with Crippen LogP contribution in [0.15, 0.2) is 53.0 Å². The van der Waals surface area contributed by atoms with Crippen LogP contribution >= 0.6 is 15.9 Å². The Bertz CT molecular complexity index is 868. The number of methoxy groups -OCH3 is 1. The molecule has 0 saturated carbocycles. The summed E-state index contributed by atoms with van der Waals surface area (Å²) >= 11 is 3.43. The highest BCUT2D eigenvalue weighted by Crippen LogP contribution is 2.31. The number of nitrogens with zero attached hydrogens (tertiary/aromatic N) is 1. The molecule has 2 aromatic carbocycles. The summed E-state index contributed by atoms with van der Waals surface area (Å²) in [4.78, 5) is 38.4. The molecule has 7 heteroatoms. The van der Waals surface area contributed by atoms with Crippen LogP contribution in [0.1, 0.15) is 16.8 Å². The summed E-state index contributed by atoms with van der Waals surface area (Å²) in [6.45, 7) is 0.285. The van der Waals surface area contributed by atoms with Gasteiger partial charge < -0.3 is 15.0 Å².